The van der Waals surface area contributed by atoms with Gasteiger partial charge in [0.1, 0.15) is 0 Å². The second-order valence-corrected chi connectivity index (χ2v) is 4.42. The van der Waals surface area contributed by atoms with Crippen LogP contribution in [0.15, 0.2) is 0 Å². The van der Waals surface area contributed by atoms with E-state index in [1.54, 1.807) is 4.90 Å². The Hall–Kier alpha value is -0.290. The highest BCUT2D eigenvalue weighted by Gasteiger charge is 2.37. The van der Waals surface area contributed by atoms with Gasteiger partial charge in [0.2, 0.25) is 0 Å². The SMILES string of the molecule is CCCCNCCN(CC(F)(F)F)C1CC1. The number of hydrogen-bond acceptors (Lipinski definition) is 2. The van der Waals surface area contributed by atoms with Gasteiger partial charge in [-0.1, -0.05) is 13.3 Å². The number of halogens is 3. The molecule has 0 amide bonds. The molecule has 1 rings (SSSR count). The summed E-state index contributed by atoms with van der Waals surface area (Å²) in [6.45, 7) is 3.41. The van der Waals surface area contributed by atoms with E-state index in [9.17, 15) is 13.2 Å². The van der Waals surface area contributed by atoms with Crippen molar-refractivity contribution in [1.29, 1.82) is 0 Å². The van der Waals surface area contributed by atoms with Gasteiger partial charge >= 0.3 is 6.18 Å². The zero-order valence-corrected chi connectivity index (χ0v) is 9.82. The number of alkyl halides is 3. The minimum atomic E-state index is -4.06. The summed E-state index contributed by atoms with van der Waals surface area (Å²) in [4.78, 5) is 1.55. The highest BCUT2D eigenvalue weighted by Crippen LogP contribution is 2.29. The first kappa shape index (κ1) is 13.8. The summed E-state index contributed by atoms with van der Waals surface area (Å²) in [5.74, 6) is 0. The van der Waals surface area contributed by atoms with Crippen LogP contribution in [-0.2, 0) is 0 Å². The number of hydrogen-bond donors (Lipinski definition) is 1. The molecule has 0 heterocycles. The van der Waals surface area contributed by atoms with Crippen molar-refractivity contribution in [1.82, 2.24) is 10.2 Å². The van der Waals surface area contributed by atoms with Crippen molar-refractivity contribution in [3.63, 3.8) is 0 Å². The van der Waals surface area contributed by atoms with E-state index in [2.05, 4.69) is 12.2 Å². The topological polar surface area (TPSA) is 15.3 Å². The summed E-state index contributed by atoms with van der Waals surface area (Å²) in [6.07, 6.45) is -0.0212. The summed E-state index contributed by atoms with van der Waals surface area (Å²) in [6, 6.07) is 0.176. The van der Waals surface area contributed by atoms with Crippen LogP contribution in [0.1, 0.15) is 32.6 Å². The molecular weight excluding hydrogens is 217 g/mol. The molecule has 0 aliphatic heterocycles. The smallest absolute Gasteiger partial charge is 0.315 e. The second-order valence-electron chi connectivity index (χ2n) is 4.42. The van der Waals surface area contributed by atoms with E-state index in [0.29, 0.717) is 13.1 Å². The molecule has 1 aliphatic rings. The molecule has 1 aliphatic carbocycles. The van der Waals surface area contributed by atoms with E-state index in [0.717, 1.165) is 32.2 Å². The van der Waals surface area contributed by atoms with Crippen LogP contribution in [0.4, 0.5) is 13.2 Å². The molecule has 1 N–H and O–H groups in total. The van der Waals surface area contributed by atoms with Gasteiger partial charge in [0, 0.05) is 19.1 Å². The third-order valence-corrected chi connectivity index (χ3v) is 2.73. The fourth-order valence-corrected chi connectivity index (χ4v) is 1.71. The van der Waals surface area contributed by atoms with Gasteiger partial charge in [-0.15, -0.1) is 0 Å². The summed E-state index contributed by atoms with van der Waals surface area (Å²) in [5.41, 5.74) is 0. The van der Waals surface area contributed by atoms with Crippen LogP contribution in [0.2, 0.25) is 0 Å². The molecule has 16 heavy (non-hydrogen) atoms. The molecule has 0 spiro atoms. The monoisotopic (exact) mass is 238 g/mol. The lowest BCUT2D eigenvalue weighted by Gasteiger charge is -2.23. The molecule has 0 atom stereocenters. The molecular formula is C11H21F3N2. The second kappa shape index (κ2) is 6.45. The van der Waals surface area contributed by atoms with Gasteiger partial charge in [0.25, 0.3) is 0 Å². The third kappa shape index (κ3) is 6.33. The maximum absolute atomic E-state index is 12.3. The number of rotatable bonds is 8. The van der Waals surface area contributed by atoms with Crippen molar-refractivity contribution >= 4 is 0 Å². The van der Waals surface area contributed by atoms with Crippen molar-refractivity contribution in [2.75, 3.05) is 26.2 Å². The van der Waals surface area contributed by atoms with E-state index in [1.165, 1.54) is 0 Å². The molecule has 0 bridgehead atoms. The predicted molar refractivity (Wildman–Crippen MR) is 58.4 cm³/mol. The van der Waals surface area contributed by atoms with Crippen LogP contribution in [0.25, 0.3) is 0 Å². The molecule has 0 unspecified atom stereocenters. The van der Waals surface area contributed by atoms with Gasteiger partial charge in [-0.3, -0.25) is 4.90 Å². The van der Waals surface area contributed by atoms with Gasteiger partial charge < -0.3 is 5.32 Å². The third-order valence-electron chi connectivity index (χ3n) is 2.73. The molecule has 0 saturated heterocycles. The number of unbranched alkanes of at least 4 members (excludes halogenated alkanes) is 1. The van der Waals surface area contributed by atoms with Crippen LogP contribution >= 0.6 is 0 Å². The van der Waals surface area contributed by atoms with Gasteiger partial charge in [0.05, 0.1) is 6.54 Å². The number of nitrogens with zero attached hydrogens (tertiary/aromatic N) is 1. The van der Waals surface area contributed by atoms with Crippen molar-refractivity contribution < 1.29 is 13.2 Å². The van der Waals surface area contributed by atoms with Gasteiger partial charge in [-0.25, -0.2) is 0 Å². The Bertz CT molecular complexity index is 190. The first-order valence-corrected chi connectivity index (χ1v) is 6.04. The van der Waals surface area contributed by atoms with Crippen LogP contribution in [0, 0.1) is 0 Å². The lowest BCUT2D eigenvalue weighted by molar-refractivity contribution is -0.147. The first-order valence-electron chi connectivity index (χ1n) is 6.04. The molecule has 5 heteroatoms. The average Bonchev–Trinajstić information content (AvgIpc) is 2.97. The van der Waals surface area contributed by atoms with Crippen LogP contribution < -0.4 is 5.32 Å². The zero-order chi connectivity index (χ0) is 12.0. The molecule has 1 fully saturated rings. The normalized spacial score (nSPS) is 17.1. The Morgan fingerprint density at radius 1 is 1.25 bits per heavy atom. The molecule has 0 aromatic heterocycles. The Kier molecular flexibility index (Phi) is 5.55. The maximum Gasteiger partial charge on any atom is 0.401 e. The molecule has 96 valence electrons. The molecule has 1 saturated carbocycles. The van der Waals surface area contributed by atoms with Gasteiger partial charge in [0.15, 0.2) is 0 Å². The number of nitrogens with one attached hydrogen (secondary N) is 1. The van der Waals surface area contributed by atoms with E-state index >= 15 is 0 Å². The maximum atomic E-state index is 12.3. The molecule has 2 nitrogen and oxygen atoms in total. The quantitative estimate of drug-likeness (QED) is 0.653. The lowest BCUT2D eigenvalue weighted by atomic mass is 10.3. The zero-order valence-electron chi connectivity index (χ0n) is 9.82. The lowest BCUT2D eigenvalue weighted by Crippen LogP contribution is -2.40. The van der Waals surface area contributed by atoms with E-state index in [-0.39, 0.29) is 6.04 Å². The summed E-state index contributed by atoms with van der Waals surface area (Å²) >= 11 is 0. The summed E-state index contributed by atoms with van der Waals surface area (Å²) < 4.78 is 36.8. The van der Waals surface area contributed by atoms with Crippen molar-refractivity contribution in [3.05, 3.63) is 0 Å². The van der Waals surface area contributed by atoms with E-state index in [4.69, 9.17) is 0 Å². The van der Waals surface area contributed by atoms with Crippen LogP contribution in [0.3, 0.4) is 0 Å². The minimum absolute atomic E-state index is 0.176. The van der Waals surface area contributed by atoms with Crippen molar-refractivity contribution in [3.8, 4) is 0 Å². The van der Waals surface area contributed by atoms with Crippen molar-refractivity contribution in [2.45, 2.75) is 44.8 Å². The Balaban J connectivity index is 2.13. The van der Waals surface area contributed by atoms with Gasteiger partial charge in [-0.05, 0) is 25.8 Å². The standard InChI is InChI=1S/C11H21F3N2/c1-2-3-6-15-7-8-16(10-4-5-10)9-11(12,13)14/h10,15H,2-9H2,1H3. The summed E-state index contributed by atoms with van der Waals surface area (Å²) in [5, 5.41) is 3.18. The average molecular weight is 238 g/mol. The fraction of sp³-hybridized carbons (Fsp3) is 1.00. The molecule has 0 aromatic carbocycles. The van der Waals surface area contributed by atoms with E-state index in [1.807, 2.05) is 0 Å². The fourth-order valence-electron chi connectivity index (χ4n) is 1.71. The largest absolute Gasteiger partial charge is 0.401 e. The predicted octanol–water partition coefficient (Wildman–Crippen LogP) is 2.40. The minimum Gasteiger partial charge on any atom is -0.315 e. The highest BCUT2D eigenvalue weighted by atomic mass is 19.4. The van der Waals surface area contributed by atoms with Crippen molar-refractivity contribution in [2.24, 2.45) is 0 Å². The highest BCUT2D eigenvalue weighted by molar-refractivity contribution is 4.85. The first-order chi connectivity index (χ1) is 7.53. The van der Waals surface area contributed by atoms with Crippen LogP contribution in [0.5, 0.6) is 0 Å². The Labute approximate surface area is 95.2 Å². The van der Waals surface area contributed by atoms with E-state index < -0.39 is 12.7 Å². The summed E-state index contributed by atoms with van der Waals surface area (Å²) in [7, 11) is 0. The Morgan fingerprint density at radius 3 is 2.44 bits per heavy atom. The molecule has 0 radical (unpaired) electrons. The Morgan fingerprint density at radius 2 is 1.94 bits per heavy atom. The van der Waals surface area contributed by atoms with Gasteiger partial charge in [-0.2, -0.15) is 13.2 Å². The van der Waals surface area contributed by atoms with Crippen LogP contribution in [-0.4, -0.2) is 43.3 Å². The molecule has 0 aromatic rings.